The molecule has 18 heavy (non-hydrogen) atoms. The quantitative estimate of drug-likeness (QED) is 0.890. The average molecular weight is 269 g/mol. The van der Waals surface area contributed by atoms with Crippen LogP contribution in [0.25, 0.3) is 0 Å². The van der Waals surface area contributed by atoms with Gasteiger partial charge < -0.3 is 10.2 Å². The fraction of sp³-hybridized carbons (Fsp3) is 0.500. The first-order valence-corrected chi connectivity index (χ1v) is 6.47. The summed E-state index contributed by atoms with van der Waals surface area (Å²) >= 11 is 5.93. The Hall–Kier alpha value is -1.06. The molecular formula is C14H21ClN2O. The Bertz CT molecular complexity index is 420. The molecule has 0 fully saturated rings. The average Bonchev–Trinajstić information content (AvgIpc) is 2.31. The summed E-state index contributed by atoms with van der Waals surface area (Å²) in [7, 11) is 3.69. The molecule has 0 aliphatic heterocycles. The lowest BCUT2D eigenvalue weighted by atomic mass is 10.1. The molecule has 1 atom stereocenters. The highest BCUT2D eigenvalue weighted by molar-refractivity contribution is 6.30. The van der Waals surface area contributed by atoms with Gasteiger partial charge in [0.05, 0.1) is 0 Å². The van der Waals surface area contributed by atoms with Crippen LogP contribution in [0.2, 0.25) is 5.02 Å². The van der Waals surface area contributed by atoms with E-state index in [1.165, 1.54) is 11.1 Å². The van der Waals surface area contributed by atoms with Crippen LogP contribution < -0.4 is 5.32 Å². The van der Waals surface area contributed by atoms with E-state index in [1.54, 1.807) is 7.05 Å². The Morgan fingerprint density at radius 1 is 1.50 bits per heavy atom. The van der Waals surface area contributed by atoms with Gasteiger partial charge in [-0.05, 0) is 37.2 Å². The second-order valence-corrected chi connectivity index (χ2v) is 5.22. The number of carbonyl (C=O) groups excluding carboxylic acids is 1. The van der Waals surface area contributed by atoms with Crippen LogP contribution in [0, 0.1) is 12.8 Å². The molecule has 100 valence electrons. The first kappa shape index (κ1) is 15.0. The summed E-state index contributed by atoms with van der Waals surface area (Å²) in [5.41, 5.74) is 2.42. The summed E-state index contributed by atoms with van der Waals surface area (Å²) in [6.45, 7) is 5.55. The highest BCUT2D eigenvalue weighted by Crippen LogP contribution is 2.16. The van der Waals surface area contributed by atoms with Gasteiger partial charge in [-0.1, -0.05) is 24.6 Å². The van der Waals surface area contributed by atoms with E-state index in [4.69, 9.17) is 11.6 Å². The van der Waals surface area contributed by atoms with Gasteiger partial charge in [0.15, 0.2) is 0 Å². The third-order valence-electron chi connectivity index (χ3n) is 3.02. The van der Waals surface area contributed by atoms with E-state index in [0.29, 0.717) is 0 Å². The Labute approximate surface area is 114 Å². The Kier molecular flexibility index (Phi) is 5.63. The van der Waals surface area contributed by atoms with E-state index >= 15 is 0 Å². The molecule has 0 bridgehead atoms. The van der Waals surface area contributed by atoms with Gasteiger partial charge in [-0.3, -0.25) is 4.79 Å². The molecule has 1 N–H and O–H groups in total. The molecule has 0 saturated carbocycles. The zero-order valence-electron chi connectivity index (χ0n) is 11.5. The van der Waals surface area contributed by atoms with Crippen molar-refractivity contribution >= 4 is 17.5 Å². The van der Waals surface area contributed by atoms with E-state index < -0.39 is 0 Å². The molecule has 1 aromatic rings. The topological polar surface area (TPSA) is 32.3 Å². The first-order chi connectivity index (χ1) is 8.43. The molecule has 1 rings (SSSR count). The normalized spacial score (nSPS) is 12.6. The smallest absolute Gasteiger partial charge is 0.223 e. The van der Waals surface area contributed by atoms with Crippen molar-refractivity contribution in [1.82, 2.24) is 10.2 Å². The zero-order valence-corrected chi connectivity index (χ0v) is 12.2. The van der Waals surface area contributed by atoms with Crippen LogP contribution in [-0.4, -0.2) is 31.4 Å². The number of carbonyl (C=O) groups is 1. The minimum absolute atomic E-state index is 0.00685. The summed E-state index contributed by atoms with van der Waals surface area (Å²) < 4.78 is 0. The van der Waals surface area contributed by atoms with Gasteiger partial charge in [-0.2, -0.15) is 0 Å². The molecule has 3 nitrogen and oxygen atoms in total. The molecule has 0 spiro atoms. The van der Waals surface area contributed by atoms with Crippen molar-refractivity contribution in [3.05, 3.63) is 34.3 Å². The Balaban J connectivity index is 2.59. The van der Waals surface area contributed by atoms with Gasteiger partial charge in [0.1, 0.15) is 0 Å². The fourth-order valence-electron chi connectivity index (χ4n) is 1.99. The van der Waals surface area contributed by atoms with E-state index in [9.17, 15) is 4.79 Å². The summed E-state index contributed by atoms with van der Waals surface area (Å²) in [4.78, 5) is 13.6. The molecule has 0 aliphatic rings. The number of amides is 1. The van der Waals surface area contributed by atoms with Crippen LogP contribution in [0.3, 0.4) is 0 Å². The number of nitrogens with zero attached hydrogens (tertiary/aromatic N) is 1. The van der Waals surface area contributed by atoms with Gasteiger partial charge >= 0.3 is 0 Å². The first-order valence-electron chi connectivity index (χ1n) is 6.09. The second-order valence-electron chi connectivity index (χ2n) is 4.78. The molecule has 4 heteroatoms. The van der Waals surface area contributed by atoms with E-state index in [-0.39, 0.29) is 11.8 Å². The molecule has 0 aliphatic carbocycles. The van der Waals surface area contributed by atoms with Crippen LogP contribution >= 0.6 is 11.6 Å². The summed E-state index contributed by atoms with van der Waals surface area (Å²) in [5, 5.41) is 3.43. The molecule has 1 aromatic carbocycles. The molecule has 0 heterocycles. The molecule has 0 aromatic heterocycles. The number of aryl methyl sites for hydroxylation is 1. The second kappa shape index (κ2) is 6.76. The maximum atomic E-state index is 11.5. The standard InChI is InChI=1S/C14H21ClN2O/c1-10-7-13(15)6-5-12(10)9-17(4)8-11(2)14(18)16-3/h5-7,11H,8-9H2,1-4H3,(H,16,18)/t11-/m1/s1. The summed E-state index contributed by atoms with van der Waals surface area (Å²) in [6, 6.07) is 5.91. The summed E-state index contributed by atoms with van der Waals surface area (Å²) in [5.74, 6) is 0.0716. The number of hydrogen-bond donors (Lipinski definition) is 1. The van der Waals surface area contributed by atoms with Crippen LogP contribution in [0.5, 0.6) is 0 Å². The van der Waals surface area contributed by atoms with Crippen LogP contribution in [0.15, 0.2) is 18.2 Å². The summed E-state index contributed by atoms with van der Waals surface area (Å²) in [6.07, 6.45) is 0. The van der Waals surface area contributed by atoms with Gasteiger partial charge in [-0.25, -0.2) is 0 Å². The zero-order chi connectivity index (χ0) is 13.7. The number of halogens is 1. The molecule has 0 unspecified atom stereocenters. The lowest BCUT2D eigenvalue weighted by molar-refractivity contribution is -0.124. The number of hydrogen-bond acceptors (Lipinski definition) is 2. The van der Waals surface area contributed by atoms with Crippen molar-refractivity contribution in [3.63, 3.8) is 0 Å². The highest BCUT2D eigenvalue weighted by atomic mass is 35.5. The van der Waals surface area contributed by atoms with Crippen LogP contribution in [0.4, 0.5) is 0 Å². The molecular weight excluding hydrogens is 248 g/mol. The molecule has 0 saturated heterocycles. The van der Waals surface area contributed by atoms with E-state index in [2.05, 4.69) is 17.1 Å². The number of benzene rings is 1. The number of nitrogens with one attached hydrogen (secondary N) is 1. The van der Waals surface area contributed by atoms with E-state index in [0.717, 1.165) is 18.1 Å². The predicted octanol–water partition coefficient (Wildman–Crippen LogP) is 2.46. The molecule has 0 radical (unpaired) electrons. The SMILES string of the molecule is CNC(=O)[C@H](C)CN(C)Cc1ccc(Cl)cc1C. The monoisotopic (exact) mass is 268 g/mol. The van der Waals surface area contributed by atoms with Crippen molar-refractivity contribution in [2.75, 3.05) is 20.6 Å². The van der Waals surface area contributed by atoms with Gasteiger partial charge in [-0.15, -0.1) is 0 Å². The largest absolute Gasteiger partial charge is 0.359 e. The lowest BCUT2D eigenvalue weighted by Crippen LogP contribution is -2.34. The third kappa shape index (κ3) is 4.31. The third-order valence-corrected chi connectivity index (χ3v) is 3.26. The minimum atomic E-state index is -0.00685. The molecule has 1 amide bonds. The predicted molar refractivity (Wildman–Crippen MR) is 75.8 cm³/mol. The van der Waals surface area contributed by atoms with Gasteiger partial charge in [0.2, 0.25) is 5.91 Å². The van der Waals surface area contributed by atoms with Gasteiger partial charge in [0.25, 0.3) is 0 Å². The van der Waals surface area contributed by atoms with Crippen LogP contribution in [-0.2, 0) is 11.3 Å². The Morgan fingerprint density at radius 3 is 2.72 bits per heavy atom. The minimum Gasteiger partial charge on any atom is -0.359 e. The Morgan fingerprint density at radius 2 is 2.17 bits per heavy atom. The maximum absolute atomic E-state index is 11.5. The van der Waals surface area contributed by atoms with E-state index in [1.807, 2.05) is 32.2 Å². The maximum Gasteiger partial charge on any atom is 0.223 e. The van der Waals surface area contributed by atoms with Crippen molar-refractivity contribution in [2.45, 2.75) is 20.4 Å². The van der Waals surface area contributed by atoms with Crippen molar-refractivity contribution in [3.8, 4) is 0 Å². The van der Waals surface area contributed by atoms with Crippen molar-refractivity contribution < 1.29 is 4.79 Å². The van der Waals surface area contributed by atoms with Crippen LogP contribution in [0.1, 0.15) is 18.1 Å². The van der Waals surface area contributed by atoms with Crippen molar-refractivity contribution in [1.29, 1.82) is 0 Å². The lowest BCUT2D eigenvalue weighted by Gasteiger charge is -2.21. The number of rotatable bonds is 5. The van der Waals surface area contributed by atoms with Gasteiger partial charge in [0, 0.05) is 31.1 Å². The highest BCUT2D eigenvalue weighted by Gasteiger charge is 2.14. The van der Waals surface area contributed by atoms with Crippen molar-refractivity contribution in [2.24, 2.45) is 5.92 Å². The fourth-order valence-corrected chi connectivity index (χ4v) is 2.22.